The largest absolute Gasteiger partial charge is 0.304 e. The van der Waals surface area contributed by atoms with Gasteiger partial charge < -0.3 is 4.90 Å². The molecular weight excluding hydrogens is 251 g/mol. The van der Waals surface area contributed by atoms with E-state index in [2.05, 4.69) is 27.4 Å². The van der Waals surface area contributed by atoms with Gasteiger partial charge in [0.25, 0.3) is 0 Å². The van der Waals surface area contributed by atoms with Crippen LogP contribution < -0.4 is 5.43 Å². The Kier molecular flexibility index (Phi) is 3.15. The Morgan fingerprint density at radius 2 is 2.06 bits per heavy atom. The van der Waals surface area contributed by atoms with Crippen LogP contribution >= 0.6 is 11.3 Å². The number of thiazole rings is 1. The molecule has 2 aromatic rings. The van der Waals surface area contributed by atoms with Gasteiger partial charge in [0.1, 0.15) is 5.82 Å². The molecule has 1 aromatic carbocycles. The Morgan fingerprint density at radius 1 is 1.28 bits per heavy atom. The highest BCUT2D eigenvalue weighted by molar-refractivity contribution is 7.22. The maximum atomic E-state index is 13.1. The standard InChI is InChI=1S/C12H15FN4S/c1-16-4-6-17(7-5-16)15-12-14-10-8-9(13)2-3-11(10)18-12/h2-3,8H,4-7H2,1H3,(H,14,15). The van der Waals surface area contributed by atoms with Crippen molar-refractivity contribution in [3.63, 3.8) is 0 Å². The van der Waals surface area contributed by atoms with E-state index in [0.717, 1.165) is 41.5 Å². The van der Waals surface area contributed by atoms with Gasteiger partial charge in [-0.3, -0.25) is 5.43 Å². The van der Waals surface area contributed by atoms with Gasteiger partial charge in [0, 0.05) is 32.2 Å². The molecule has 0 radical (unpaired) electrons. The minimum atomic E-state index is -0.237. The second-order valence-electron chi connectivity index (χ2n) is 4.53. The Balaban J connectivity index is 1.74. The number of nitrogens with one attached hydrogen (secondary N) is 1. The van der Waals surface area contributed by atoms with Gasteiger partial charge >= 0.3 is 0 Å². The summed E-state index contributed by atoms with van der Waals surface area (Å²) >= 11 is 1.56. The van der Waals surface area contributed by atoms with Crippen LogP contribution in [0, 0.1) is 5.82 Å². The molecule has 1 saturated heterocycles. The van der Waals surface area contributed by atoms with Crippen molar-refractivity contribution in [2.45, 2.75) is 0 Å². The molecule has 0 amide bonds. The number of halogens is 1. The van der Waals surface area contributed by atoms with Crippen molar-refractivity contribution in [3.8, 4) is 0 Å². The predicted molar refractivity (Wildman–Crippen MR) is 72.3 cm³/mol. The summed E-state index contributed by atoms with van der Waals surface area (Å²) in [6, 6.07) is 4.72. The average Bonchev–Trinajstić information content (AvgIpc) is 2.73. The summed E-state index contributed by atoms with van der Waals surface area (Å²) in [6.07, 6.45) is 0. The summed E-state index contributed by atoms with van der Waals surface area (Å²) in [7, 11) is 2.12. The molecule has 1 fully saturated rings. The zero-order valence-corrected chi connectivity index (χ0v) is 11.0. The van der Waals surface area contributed by atoms with Crippen LogP contribution in [-0.2, 0) is 0 Å². The maximum absolute atomic E-state index is 13.1. The Hall–Kier alpha value is -1.24. The minimum absolute atomic E-state index is 0.237. The second kappa shape index (κ2) is 4.79. The molecule has 4 nitrogen and oxygen atoms in total. The lowest BCUT2D eigenvalue weighted by Crippen LogP contribution is -2.46. The van der Waals surface area contributed by atoms with Crippen LogP contribution in [0.5, 0.6) is 0 Å². The summed E-state index contributed by atoms with van der Waals surface area (Å²) in [5.74, 6) is -0.237. The number of rotatable bonds is 2. The number of fused-ring (bicyclic) bond motifs is 1. The van der Waals surface area contributed by atoms with Crippen LogP contribution in [0.4, 0.5) is 9.52 Å². The van der Waals surface area contributed by atoms with Gasteiger partial charge in [0.2, 0.25) is 0 Å². The van der Waals surface area contributed by atoms with E-state index in [1.54, 1.807) is 17.4 Å². The lowest BCUT2D eigenvalue weighted by molar-refractivity contribution is 0.179. The Bertz CT molecular complexity index is 548. The number of anilines is 1. The zero-order chi connectivity index (χ0) is 12.5. The molecule has 1 aromatic heterocycles. The molecule has 18 heavy (non-hydrogen) atoms. The predicted octanol–water partition coefficient (Wildman–Crippen LogP) is 2.01. The van der Waals surface area contributed by atoms with Crippen LogP contribution in [0.3, 0.4) is 0 Å². The molecule has 1 aliphatic rings. The fourth-order valence-electron chi connectivity index (χ4n) is 2.00. The van der Waals surface area contributed by atoms with Gasteiger partial charge in [-0.25, -0.2) is 14.4 Å². The molecule has 0 spiro atoms. The van der Waals surface area contributed by atoms with Crippen LogP contribution in [0.25, 0.3) is 10.2 Å². The molecule has 0 aliphatic carbocycles. The molecule has 1 aliphatic heterocycles. The van der Waals surface area contributed by atoms with E-state index in [-0.39, 0.29) is 5.82 Å². The Labute approximate surface area is 109 Å². The molecule has 0 unspecified atom stereocenters. The van der Waals surface area contributed by atoms with Crippen LogP contribution in [0.2, 0.25) is 0 Å². The topological polar surface area (TPSA) is 31.4 Å². The summed E-state index contributed by atoms with van der Waals surface area (Å²) in [6.45, 7) is 4.04. The third-order valence-corrected chi connectivity index (χ3v) is 4.05. The third kappa shape index (κ3) is 2.45. The third-order valence-electron chi connectivity index (χ3n) is 3.11. The van der Waals surface area contributed by atoms with Gasteiger partial charge in [0.15, 0.2) is 5.13 Å². The fraction of sp³-hybridized carbons (Fsp3) is 0.417. The van der Waals surface area contributed by atoms with Gasteiger partial charge in [0.05, 0.1) is 10.2 Å². The summed E-state index contributed by atoms with van der Waals surface area (Å²) in [5, 5.41) is 2.99. The van der Waals surface area contributed by atoms with E-state index >= 15 is 0 Å². The van der Waals surface area contributed by atoms with Crippen molar-refractivity contribution < 1.29 is 4.39 Å². The van der Waals surface area contributed by atoms with Crippen molar-refractivity contribution >= 4 is 26.7 Å². The first kappa shape index (κ1) is 11.8. The number of likely N-dealkylation sites (N-methyl/N-ethyl adjacent to an activating group) is 1. The normalized spacial score (nSPS) is 18.3. The van der Waals surface area contributed by atoms with Crippen LogP contribution in [0.15, 0.2) is 18.2 Å². The number of hydrogen-bond donors (Lipinski definition) is 1. The fourth-order valence-corrected chi connectivity index (χ4v) is 2.87. The molecule has 0 saturated carbocycles. The van der Waals surface area contributed by atoms with Crippen molar-refractivity contribution in [2.24, 2.45) is 0 Å². The molecule has 0 atom stereocenters. The first-order valence-electron chi connectivity index (χ1n) is 5.97. The molecule has 2 heterocycles. The monoisotopic (exact) mass is 266 g/mol. The van der Waals surface area contributed by atoms with E-state index < -0.39 is 0 Å². The zero-order valence-electron chi connectivity index (χ0n) is 10.2. The SMILES string of the molecule is CN1CCN(Nc2nc3cc(F)ccc3s2)CC1. The average molecular weight is 266 g/mol. The highest BCUT2D eigenvalue weighted by atomic mass is 32.1. The van der Waals surface area contributed by atoms with Crippen molar-refractivity contribution in [1.29, 1.82) is 0 Å². The first-order chi connectivity index (χ1) is 8.70. The van der Waals surface area contributed by atoms with Crippen molar-refractivity contribution in [3.05, 3.63) is 24.0 Å². The van der Waals surface area contributed by atoms with Gasteiger partial charge in [-0.05, 0) is 19.2 Å². The van der Waals surface area contributed by atoms with Crippen molar-refractivity contribution in [1.82, 2.24) is 14.9 Å². The molecule has 6 heteroatoms. The number of aromatic nitrogens is 1. The van der Waals surface area contributed by atoms with Crippen LogP contribution in [-0.4, -0.2) is 48.1 Å². The lowest BCUT2D eigenvalue weighted by atomic mass is 10.3. The summed E-state index contributed by atoms with van der Waals surface area (Å²) in [5.41, 5.74) is 4.02. The molecule has 3 rings (SSSR count). The number of piperazine rings is 1. The highest BCUT2D eigenvalue weighted by Gasteiger charge is 2.15. The summed E-state index contributed by atoms with van der Waals surface area (Å²) < 4.78 is 14.1. The molecule has 96 valence electrons. The van der Waals surface area contributed by atoms with Gasteiger partial charge in [-0.15, -0.1) is 0 Å². The van der Waals surface area contributed by atoms with E-state index in [0.29, 0.717) is 0 Å². The van der Waals surface area contributed by atoms with E-state index in [1.165, 1.54) is 12.1 Å². The van der Waals surface area contributed by atoms with Crippen LogP contribution in [0.1, 0.15) is 0 Å². The van der Waals surface area contributed by atoms with E-state index in [4.69, 9.17) is 0 Å². The summed E-state index contributed by atoms with van der Waals surface area (Å²) in [4.78, 5) is 6.70. The number of benzene rings is 1. The highest BCUT2D eigenvalue weighted by Crippen LogP contribution is 2.26. The molecular formula is C12H15FN4S. The molecule has 0 bridgehead atoms. The number of nitrogens with zero attached hydrogens (tertiary/aromatic N) is 3. The van der Waals surface area contributed by atoms with Gasteiger partial charge in [-0.1, -0.05) is 11.3 Å². The number of hydrogen-bond acceptors (Lipinski definition) is 5. The quantitative estimate of drug-likeness (QED) is 0.901. The first-order valence-corrected chi connectivity index (χ1v) is 6.78. The number of hydrazine groups is 1. The Morgan fingerprint density at radius 3 is 2.83 bits per heavy atom. The smallest absolute Gasteiger partial charge is 0.198 e. The van der Waals surface area contributed by atoms with Gasteiger partial charge in [-0.2, -0.15) is 0 Å². The van der Waals surface area contributed by atoms with E-state index in [9.17, 15) is 4.39 Å². The maximum Gasteiger partial charge on any atom is 0.198 e. The lowest BCUT2D eigenvalue weighted by Gasteiger charge is -2.32. The second-order valence-corrected chi connectivity index (χ2v) is 5.56. The van der Waals surface area contributed by atoms with Crippen molar-refractivity contribution in [2.75, 3.05) is 38.7 Å². The minimum Gasteiger partial charge on any atom is -0.304 e. The van der Waals surface area contributed by atoms with E-state index in [1.807, 2.05) is 0 Å². The molecule has 1 N–H and O–H groups in total.